The van der Waals surface area contributed by atoms with Crippen molar-refractivity contribution in [2.24, 2.45) is 0 Å². The van der Waals surface area contributed by atoms with Gasteiger partial charge in [-0.05, 0) is 42.3 Å². The van der Waals surface area contributed by atoms with Gasteiger partial charge in [-0.15, -0.1) is 0 Å². The average molecular weight is 305 g/mol. The number of nitriles is 1. The lowest BCUT2D eigenvalue weighted by molar-refractivity contribution is 0.580. The third-order valence-corrected chi connectivity index (χ3v) is 4.36. The van der Waals surface area contributed by atoms with Crippen LogP contribution >= 0.6 is 0 Å². The standard InChI is InChI=1S/C14H12FN3O2S/c1-10-8-17-5-4-11(10)9-18-21(19,20)13-2-3-14(15)12(6-13)7-16/h2-6,8,18H,9H2,1H3. The van der Waals surface area contributed by atoms with Gasteiger partial charge in [-0.1, -0.05) is 0 Å². The van der Waals surface area contributed by atoms with E-state index >= 15 is 0 Å². The van der Waals surface area contributed by atoms with Crippen molar-refractivity contribution in [2.45, 2.75) is 18.4 Å². The normalized spacial score (nSPS) is 11.1. The number of rotatable bonds is 4. The molecule has 0 saturated carbocycles. The maximum Gasteiger partial charge on any atom is 0.240 e. The van der Waals surface area contributed by atoms with E-state index in [0.29, 0.717) is 0 Å². The molecule has 0 atom stereocenters. The van der Waals surface area contributed by atoms with Crippen LogP contribution in [0.5, 0.6) is 0 Å². The summed E-state index contributed by atoms with van der Waals surface area (Å²) in [7, 11) is -3.81. The fraction of sp³-hybridized carbons (Fsp3) is 0.143. The van der Waals surface area contributed by atoms with Gasteiger partial charge in [-0.3, -0.25) is 4.98 Å². The van der Waals surface area contributed by atoms with Gasteiger partial charge in [0.1, 0.15) is 11.9 Å². The molecular formula is C14H12FN3O2S. The van der Waals surface area contributed by atoms with E-state index < -0.39 is 15.8 Å². The van der Waals surface area contributed by atoms with Gasteiger partial charge in [0, 0.05) is 18.9 Å². The molecule has 2 aromatic rings. The third-order valence-electron chi connectivity index (χ3n) is 2.96. The van der Waals surface area contributed by atoms with E-state index in [4.69, 9.17) is 5.26 Å². The van der Waals surface area contributed by atoms with E-state index in [0.717, 1.165) is 29.3 Å². The van der Waals surface area contributed by atoms with Crippen LogP contribution in [0, 0.1) is 24.1 Å². The number of pyridine rings is 1. The number of nitrogens with zero attached hydrogens (tertiary/aromatic N) is 2. The Balaban J connectivity index is 2.24. The summed E-state index contributed by atoms with van der Waals surface area (Å²) in [5.41, 5.74) is 1.34. The van der Waals surface area contributed by atoms with Crippen molar-refractivity contribution >= 4 is 10.0 Å². The summed E-state index contributed by atoms with van der Waals surface area (Å²) in [5, 5.41) is 8.74. The van der Waals surface area contributed by atoms with Crippen LogP contribution in [0.3, 0.4) is 0 Å². The van der Waals surface area contributed by atoms with Crippen LogP contribution in [0.1, 0.15) is 16.7 Å². The average Bonchev–Trinajstić information content (AvgIpc) is 2.46. The highest BCUT2D eigenvalue weighted by atomic mass is 32.2. The highest BCUT2D eigenvalue weighted by Gasteiger charge is 2.16. The third kappa shape index (κ3) is 3.42. The smallest absolute Gasteiger partial charge is 0.240 e. The molecule has 0 saturated heterocycles. The van der Waals surface area contributed by atoms with Gasteiger partial charge >= 0.3 is 0 Å². The molecule has 0 amide bonds. The largest absolute Gasteiger partial charge is 0.264 e. The summed E-state index contributed by atoms with van der Waals surface area (Å²) < 4.78 is 39.9. The minimum atomic E-state index is -3.81. The van der Waals surface area contributed by atoms with Gasteiger partial charge in [-0.25, -0.2) is 17.5 Å². The van der Waals surface area contributed by atoms with Crippen molar-refractivity contribution in [1.82, 2.24) is 9.71 Å². The fourth-order valence-electron chi connectivity index (χ4n) is 1.71. The Labute approximate surface area is 122 Å². The molecule has 0 fully saturated rings. The quantitative estimate of drug-likeness (QED) is 0.935. The van der Waals surface area contributed by atoms with Crippen LogP contribution in [-0.2, 0) is 16.6 Å². The van der Waals surface area contributed by atoms with Crippen molar-refractivity contribution in [3.05, 3.63) is 59.2 Å². The van der Waals surface area contributed by atoms with Gasteiger partial charge in [0.15, 0.2) is 0 Å². The van der Waals surface area contributed by atoms with E-state index in [1.54, 1.807) is 24.5 Å². The lowest BCUT2D eigenvalue weighted by Gasteiger charge is -2.09. The lowest BCUT2D eigenvalue weighted by atomic mass is 10.2. The maximum absolute atomic E-state index is 13.2. The molecule has 2 rings (SSSR count). The summed E-state index contributed by atoms with van der Waals surface area (Å²) in [5.74, 6) is -0.749. The zero-order valence-corrected chi connectivity index (χ0v) is 12.0. The molecule has 5 nitrogen and oxygen atoms in total. The molecule has 0 aliphatic carbocycles. The van der Waals surface area contributed by atoms with Gasteiger partial charge in [0.05, 0.1) is 10.5 Å². The molecule has 1 N–H and O–H groups in total. The fourth-order valence-corrected chi connectivity index (χ4v) is 2.75. The van der Waals surface area contributed by atoms with Crippen LogP contribution in [0.15, 0.2) is 41.6 Å². The maximum atomic E-state index is 13.2. The monoisotopic (exact) mass is 305 g/mol. The number of aromatic nitrogens is 1. The highest BCUT2D eigenvalue weighted by molar-refractivity contribution is 7.89. The Kier molecular flexibility index (Phi) is 4.31. The first-order valence-electron chi connectivity index (χ1n) is 6.03. The molecule has 1 aromatic carbocycles. The van der Waals surface area contributed by atoms with Gasteiger partial charge in [0.25, 0.3) is 0 Å². The van der Waals surface area contributed by atoms with E-state index in [1.807, 2.05) is 6.92 Å². The molecule has 0 bridgehead atoms. The molecule has 0 unspecified atom stereocenters. The Hall–Kier alpha value is -2.30. The first-order chi connectivity index (χ1) is 9.94. The number of hydrogen-bond acceptors (Lipinski definition) is 4. The molecule has 0 spiro atoms. The zero-order valence-electron chi connectivity index (χ0n) is 11.2. The molecule has 1 heterocycles. The van der Waals surface area contributed by atoms with Crippen molar-refractivity contribution in [1.29, 1.82) is 5.26 Å². The number of sulfonamides is 1. The summed E-state index contributed by atoms with van der Waals surface area (Å²) in [6.07, 6.45) is 3.21. The molecular weight excluding hydrogens is 293 g/mol. The van der Waals surface area contributed by atoms with Crippen molar-refractivity contribution in [2.75, 3.05) is 0 Å². The molecule has 108 valence electrons. The summed E-state index contributed by atoms with van der Waals surface area (Å²) in [6, 6.07) is 6.42. The van der Waals surface area contributed by atoms with E-state index in [1.165, 1.54) is 0 Å². The van der Waals surface area contributed by atoms with Crippen LogP contribution in [0.4, 0.5) is 4.39 Å². The van der Waals surface area contributed by atoms with Crippen LogP contribution < -0.4 is 4.72 Å². The topological polar surface area (TPSA) is 82.8 Å². The number of benzene rings is 1. The minimum Gasteiger partial charge on any atom is -0.264 e. The zero-order chi connectivity index (χ0) is 15.5. The molecule has 1 aromatic heterocycles. The van der Waals surface area contributed by atoms with Gasteiger partial charge in [0.2, 0.25) is 10.0 Å². The molecule has 0 radical (unpaired) electrons. The minimum absolute atomic E-state index is 0.0932. The number of aryl methyl sites for hydroxylation is 1. The Morgan fingerprint density at radius 1 is 1.38 bits per heavy atom. The molecule has 21 heavy (non-hydrogen) atoms. The Bertz CT molecular complexity index is 813. The number of halogens is 1. The lowest BCUT2D eigenvalue weighted by Crippen LogP contribution is -2.23. The van der Waals surface area contributed by atoms with Crippen molar-refractivity contribution < 1.29 is 12.8 Å². The molecule has 0 aliphatic heterocycles. The van der Waals surface area contributed by atoms with Gasteiger partial charge < -0.3 is 0 Å². The number of hydrogen-bond donors (Lipinski definition) is 1. The summed E-state index contributed by atoms with van der Waals surface area (Å²) >= 11 is 0. The second-order valence-electron chi connectivity index (χ2n) is 4.38. The van der Waals surface area contributed by atoms with Crippen LogP contribution in [0.25, 0.3) is 0 Å². The second-order valence-corrected chi connectivity index (χ2v) is 6.15. The van der Waals surface area contributed by atoms with Crippen molar-refractivity contribution in [3.63, 3.8) is 0 Å². The van der Waals surface area contributed by atoms with E-state index in [9.17, 15) is 12.8 Å². The Morgan fingerprint density at radius 3 is 2.81 bits per heavy atom. The molecule has 0 aliphatic rings. The first-order valence-corrected chi connectivity index (χ1v) is 7.51. The van der Waals surface area contributed by atoms with Crippen LogP contribution in [-0.4, -0.2) is 13.4 Å². The highest BCUT2D eigenvalue weighted by Crippen LogP contribution is 2.15. The summed E-state index contributed by atoms with van der Waals surface area (Å²) in [4.78, 5) is 3.78. The van der Waals surface area contributed by atoms with E-state index in [2.05, 4.69) is 9.71 Å². The SMILES string of the molecule is Cc1cnccc1CNS(=O)(=O)c1ccc(F)c(C#N)c1. The van der Waals surface area contributed by atoms with Crippen LogP contribution in [0.2, 0.25) is 0 Å². The predicted molar refractivity (Wildman–Crippen MR) is 74.1 cm³/mol. The van der Waals surface area contributed by atoms with Crippen molar-refractivity contribution in [3.8, 4) is 6.07 Å². The summed E-state index contributed by atoms with van der Waals surface area (Å²) in [6.45, 7) is 1.91. The van der Waals surface area contributed by atoms with E-state index in [-0.39, 0.29) is 17.0 Å². The Morgan fingerprint density at radius 2 is 2.14 bits per heavy atom. The second kappa shape index (κ2) is 5.99. The first kappa shape index (κ1) is 15.1. The number of nitrogens with one attached hydrogen (secondary N) is 1. The predicted octanol–water partition coefficient (Wildman–Crippen LogP) is 1.88. The molecule has 7 heteroatoms. The van der Waals surface area contributed by atoms with Gasteiger partial charge in [-0.2, -0.15) is 5.26 Å².